The minimum absolute atomic E-state index is 0.0335. The Bertz CT molecular complexity index is 467. The standard InChI is InChI=1S/C10H10I3NO4/c11-5-1-6(12)9(17)8(13)7(5)10(18)14-2-4(16)3-15/h1,4,15-17H,2-3H2,(H,14,18). The molecule has 18 heavy (non-hydrogen) atoms. The topological polar surface area (TPSA) is 89.8 Å². The Balaban J connectivity index is 2.96. The van der Waals surface area contributed by atoms with Crippen LogP contribution in [0.25, 0.3) is 0 Å². The van der Waals surface area contributed by atoms with E-state index in [1.807, 2.05) is 67.8 Å². The number of hydrogen-bond donors (Lipinski definition) is 4. The molecule has 1 rings (SSSR count). The summed E-state index contributed by atoms with van der Waals surface area (Å²) < 4.78 is 1.86. The van der Waals surface area contributed by atoms with E-state index in [-0.39, 0.29) is 18.2 Å². The number of aliphatic hydroxyl groups excluding tert-OH is 2. The second kappa shape index (κ2) is 7.40. The minimum Gasteiger partial charge on any atom is -0.506 e. The van der Waals surface area contributed by atoms with Gasteiger partial charge in [0.2, 0.25) is 0 Å². The molecule has 1 atom stereocenters. The van der Waals surface area contributed by atoms with Crippen LogP contribution in [0, 0.1) is 10.7 Å². The van der Waals surface area contributed by atoms with Crippen molar-refractivity contribution in [3.05, 3.63) is 22.3 Å². The number of aromatic hydroxyl groups is 1. The molecule has 1 aromatic carbocycles. The summed E-state index contributed by atoms with van der Waals surface area (Å²) in [5.74, 6) is -0.313. The van der Waals surface area contributed by atoms with E-state index in [1.54, 1.807) is 6.07 Å². The Morgan fingerprint density at radius 1 is 1.33 bits per heavy atom. The van der Waals surface area contributed by atoms with Crippen molar-refractivity contribution in [1.29, 1.82) is 0 Å². The van der Waals surface area contributed by atoms with E-state index in [0.29, 0.717) is 12.7 Å². The molecule has 0 aliphatic rings. The second-order valence-electron chi connectivity index (χ2n) is 3.42. The summed E-state index contributed by atoms with van der Waals surface area (Å²) in [5, 5.41) is 30.1. The van der Waals surface area contributed by atoms with Crippen LogP contribution in [0.15, 0.2) is 6.07 Å². The zero-order chi connectivity index (χ0) is 13.9. The van der Waals surface area contributed by atoms with Crippen LogP contribution in [0.1, 0.15) is 10.4 Å². The largest absolute Gasteiger partial charge is 0.506 e. The van der Waals surface area contributed by atoms with E-state index >= 15 is 0 Å². The summed E-state index contributed by atoms with van der Waals surface area (Å²) in [6.07, 6.45) is -0.985. The molecule has 0 aliphatic carbocycles. The van der Waals surface area contributed by atoms with Crippen molar-refractivity contribution in [3.63, 3.8) is 0 Å². The second-order valence-corrected chi connectivity index (χ2v) is 6.83. The van der Waals surface area contributed by atoms with Gasteiger partial charge < -0.3 is 20.6 Å². The number of amides is 1. The maximum Gasteiger partial charge on any atom is 0.253 e. The normalized spacial score (nSPS) is 12.3. The van der Waals surface area contributed by atoms with E-state index in [9.17, 15) is 15.0 Å². The van der Waals surface area contributed by atoms with Gasteiger partial charge >= 0.3 is 0 Å². The van der Waals surface area contributed by atoms with Crippen LogP contribution in [0.3, 0.4) is 0 Å². The van der Waals surface area contributed by atoms with Gasteiger partial charge in [0.05, 0.1) is 25.4 Å². The smallest absolute Gasteiger partial charge is 0.253 e. The monoisotopic (exact) mass is 589 g/mol. The van der Waals surface area contributed by atoms with Gasteiger partial charge in [-0.1, -0.05) is 0 Å². The zero-order valence-electron chi connectivity index (χ0n) is 8.95. The Morgan fingerprint density at radius 3 is 2.50 bits per heavy atom. The molecule has 8 heteroatoms. The number of carbonyl (C=O) groups is 1. The van der Waals surface area contributed by atoms with Crippen molar-refractivity contribution in [2.75, 3.05) is 13.2 Å². The van der Waals surface area contributed by atoms with Crippen LogP contribution < -0.4 is 5.32 Å². The predicted molar refractivity (Wildman–Crippen MR) is 91.7 cm³/mol. The van der Waals surface area contributed by atoms with Crippen molar-refractivity contribution in [2.45, 2.75) is 6.10 Å². The van der Waals surface area contributed by atoms with Gasteiger partial charge in [-0.05, 0) is 73.8 Å². The number of phenolic OH excluding ortho intramolecular Hbond substituents is 1. The molecule has 0 fully saturated rings. The van der Waals surface area contributed by atoms with Crippen LogP contribution in [0.2, 0.25) is 0 Å². The number of nitrogens with one attached hydrogen (secondary N) is 1. The Morgan fingerprint density at radius 2 is 1.94 bits per heavy atom. The van der Waals surface area contributed by atoms with Crippen LogP contribution >= 0.6 is 67.8 Å². The number of rotatable bonds is 4. The van der Waals surface area contributed by atoms with E-state index in [0.717, 1.165) is 3.57 Å². The number of aliphatic hydroxyl groups is 2. The summed E-state index contributed by atoms with van der Waals surface area (Å²) in [5.41, 5.74) is 0.374. The average Bonchev–Trinajstić information content (AvgIpc) is 2.33. The maximum absolute atomic E-state index is 11.9. The molecular formula is C10H10I3NO4. The molecule has 0 spiro atoms. The molecule has 0 saturated heterocycles. The van der Waals surface area contributed by atoms with E-state index in [2.05, 4.69) is 5.32 Å². The molecule has 0 aromatic heterocycles. The average molecular weight is 589 g/mol. The molecule has 0 radical (unpaired) electrons. The number of phenols is 1. The van der Waals surface area contributed by atoms with Gasteiger partial charge in [0.25, 0.3) is 5.91 Å². The molecular weight excluding hydrogens is 579 g/mol. The van der Waals surface area contributed by atoms with Gasteiger partial charge in [0.1, 0.15) is 5.75 Å². The number of halogens is 3. The number of carbonyl (C=O) groups excluding carboxylic acids is 1. The Labute approximate surface area is 145 Å². The third kappa shape index (κ3) is 4.05. The molecule has 100 valence electrons. The first kappa shape index (κ1) is 16.7. The maximum atomic E-state index is 11.9. The van der Waals surface area contributed by atoms with Crippen molar-refractivity contribution >= 4 is 73.7 Å². The van der Waals surface area contributed by atoms with Gasteiger partial charge in [-0.2, -0.15) is 0 Å². The van der Waals surface area contributed by atoms with Crippen LogP contribution in [0.5, 0.6) is 5.75 Å². The highest BCUT2D eigenvalue weighted by molar-refractivity contribution is 14.1. The highest BCUT2D eigenvalue weighted by Crippen LogP contribution is 2.32. The fraction of sp³-hybridized carbons (Fsp3) is 0.300. The summed E-state index contributed by atoms with van der Waals surface area (Å²) in [6.45, 7) is -0.444. The summed E-state index contributed by atoms with van der Waals surface area (Å²) in [4.78, 5) is 11.9. The predicted octanol–water partition coefficient (Wildman–Crippen LogP) is 1.29. The molecule has 4 N–H and O–H groups in total. The minimum atomic E-state index is -0.985. The highest BCUT2D eigenvalue weighted by Gasteiger charge is 2.19. The number of benzene rings is 1. The summed E-state index contributed by atoms with van der Waals surface area (Å²) in [6, 6.07) is 1.70. The third-order valence-corrected chi connectivity index (χ3v) is 4.81. The van der Waals surface area contributed by atoms with Crippen molar-refractivity contribution in [3.8, 4) is 5.75 Å². The molecule has 1 unspecified atom stereocenters. The Kier molecular flexibility index (Phi) is 6.85. The lowest BCUT2D eigenvalue weighted by Gasteiger charge is -2.13. The van der Waals surface area contributed by atoms with E-state index in [4.69, 9.17) is 5.11 Å². The molecule has 0 heterocycles. The first-order valence-corrected chi connectivity index (χ1v) is 8.05. The molecule has 0 bridgehead atoms. The van der Waals surface area contributed by atoms with Gasteiger partial charge in [-0.15, -0.1) is 0 Å². The third-order valence-electron chi connectivity index (χ3n) is 2.08. The molecule has 1 amide bonds. The van der Waals surface area contributed by atoms with Crippen LogP contribution in [0.4, 0.5) is 0 Å². The number of hydrogen-bond acceptors (Lipinski definition) is 4. The fourth-order valence-electron chi connectivity index (χ4n) is 1.15. The molecule has 5 nitrogen and oxygen atoms in total. The lowest BCUT2D eigenvalue weighted by molar-refractivity contribution is 0.0800. The van der Waals surface area contributed by atoms with Crippen molar-refractivity contribution < 1.29 is 20.1 Å². The zero-order valence-corrected chi connectivity index (χ0v) is 15.4. The van der Waals surface area contributed by atoms with Gasteiger partial charge in [0, 0.05) is 10.1 Å². The van der Waals surface area contributed by atoms with Crippen LogP contribution in [-0.4, -0.2) is 40.5 Å². The van der Waals surface area contributed by atoms with Gasteiger partial charge in [-0.3, -0.25) is 4.79 Å². The highest BCUT2D eigenvalue weighted by atomic mass is 127. The SMILES string of the molecule is O=C(NCC(O)CO)c1c(I)cc(I)c(O)c1I. The summed E-state index contributed by atoms with van der Waals surface area (Å²) >= 11 is 5.91. The quantitative estimate of drug-likeness (QED) is 0.399. The van der Waals surface area contributed by atoms with E-state index < -0.39 is 12.7 Å². The van der Waals surface area contributed by atoms with E-state index in [1.165, 1.54) is 0 Å². The van der Waals surface area contributed by atoms with Gasteiger partial charge in [-0.25, -0.2) is 0 Å². The lowest BCUT2D eigenvalue weighted by atomic mass is 10.2. The van der Waals surface area contributed by atoms with Crippen molar-refractivity contribution in [1.82, 2.24) is 5.32 Å². The molecule has 1 aromatic rings. The fourth-order valence-corrected chi connectivity index (χ4v) is 5.01. The van der Waals surface area contributed by atoms with Crippen molar-refractivity contribution in [2.24, 2.45) is 0 Å². The first-order valence-electron chi connectivity index (χ1n) is 4.82. The molecule has 0 saturated carbocycles. The summed E-state index contributed by atoms with van der Waals surface area (Å²) in [7, 11) is 0. The first-order chi connectivity index (χ1) is 8.38. The van der Waals surface area contributed by atoms with Gasteiger partial charge in [0.15, 0.2) is 0 Å². The van der Waals surface area contributed by atoms with Crippen LogP contribution in [-0.2, 0) is 0 Å². The Hall–Kier alpha value is 0.600. The molecule has 0 aliphatic heterocycles. The lowest BCUT2D eigenvalue weighted by Crippen LogP contribution is -2.34.